The summed E-state index contributed by atoms with van der Waals surface area (Å²) in [5, 5.41) is 3.57. The second-order valence-corrected chi connectivity index (χ2v) is 7.06. The fraction of sp³-hybridized carbons (Fsp3) is 0.381. The highest BCUT2D eigenvalue weighted by Crippen LogP contribution is 2.45. The van der Waals surface area contributed by atoms with E-state index in [1.165, 1.54) is 43.7 Å². The van der Waals surface area contributed by atoms with Crippen LogP contribution in [0, 0.1) is 11.2 Å². The summed E-state index contributed by atoms with van der Waals surface area (Å²) in [4.78, 5) is 4.86. The number of hydrogen-bond acceptors (Lipinski definition) is 1. The third-order valence-electron chi connectivity index (χ3n) is 5.48. The molecule has 0 unspecified atom stereocenters. The predicted octanol–water partition coefficient (Wildman–Crippen LogP) is 5.34. The fourth-order valence-electron chi connectivity index (χ4n) is 4.15. The van der Waals surface area contributed by atoms with Gasteiger partial charge in [0.15, 0.2) is 0 Å². The Hall–Kier alpha value is -2.16. The van der Waals surface area contributed by atoms with Crippen LogP contribution < -0.4 is 5.32 Å². The lowest BCUT2D eigenvalue weighted by Gasteiger charge is -2.42. The van der Waals surface area contributed by atoms with E-state index < -0.39 is 0 Å². The van der Waals surface area contributed by atoms with Gasteiger partial charge in [-0.15, -0.1) is 0 Å². The highest BCUT2D eigenvalue weighted by Gasteiger charge is 2.40. The first-order valence-corrected chi connectivity index (χ1v) is 8.90. The molecule has 2 nitrogen and oxygen atoms in total. The molecule has 1 saturated carbocycles. The van der Waals surface area contributed by atoms with Crippen molar-refractivity contribution in [2.75, 3.05) is 5.32 Å². The van der Waals surface area contributed by atoms with Crippen molar-refractivity contribution in [1.29, 1.82) is 0 Å². The number of hydrogen-bond donors (Lipinski definition) is 1. The molecule has 24 heavy (non-hydrogen) atoms. The van der Waals surface area contributed by atoms with E-state index in [0.29, 0.717) is 12.1 Å². The summed E-state index contributed by atoms with van der Waals surface area (Å²) < 4.78 is 13.9. The van der Waals surface area contributed by atoms with Crippen LogP contribution in [-0.4, -0.2) is 5.84 Å². The smallest absolute Gasteiger partial charge is 0.128 e. The monoisotopic (exact) mass is 322 g/mol. The van der Waals surface area contributed by atoms with Crippen molar-refractivity contribution in [1.82, 2.24) is 0 Å². The van der Waals surface area contributed by atoms with Gasteiger partial charge < -0.3 is 5.32 Å². The van der Waals surface area contributed by atoms with Crippen LogP contribution in [0.3, 0.4) is 0 Å². The standard InChI is InChI=1S/C21H23FN2/c22-18-10-4-2-9-17(18)15-23-20-21(12-6-1-7-13-21)14-16-8-3-5-11-19(16)24-20/h2-5,8-11H,1,6-7,12-15H2,(H,23,24). The molecule has 1 heterocycles. The largest absolute Gasteiger partial charge is 0.343 e. The number of anilines is 1. The molecule has 1 aliphatic carbocycles. The van der Waals surface area contributed by atoms with E-state index in [-0.39, 0.29) is 11.2 Å². The molecule has 124 valence electrons. The number of aliphatic imine (C=N–C) groups is 1. The molecule has 2 aliphatic rings. The molecule has 1 fully saturated rings. The number of halogens is 1. The summed E-state index contributed by atoms with van der Waals surface area (Å²) in [6, 6.07) is 15.4. The molecule has 0 bridgehead atoms. The van der Waals surface area contributed by atoms with Gasteiger partial charge in [0.05, 0.1) is 6.54 Å². The van der Waals surface area contributed by atoms with Crippen LogP contribution in [0.2, 0.25) is 0 Å². The van der Waals surface area contributed by atoms with Gasteiger partial charge >= 0.3 is 0 Å². The van der Waals surface area contributed by atoms with Gasteiger partial charge in [-0.25, -0.2) is 4.39 Å². The van der Waals surface area contributed by atoms with Crippen LogP contribution >= 0.6 is 0 Å². The van der Waals surface area contributed by atoms with E-state index >= 15 is 0 Å². The van der Waals surface area contributed by atoms with Crippen LogP contribution in [0.15, 0.2) is 53.5 Å². The Bertz CT molecular complexity index is 760. The highest BCUT2D eigenvalue weighted by atomic mass is 19.1. The minimum absolute atomic E-state index is 0.109. The average Bonchev–Trinajstić information content (AvgIpc) is 2.62. The van der Waals surface area contributed by atoms with Crippen molar-refractivity contribution >= 4 is 11.5 Å². The number of amidine groups is 1. The average molecular weight is 322 g/mol. The Morgan fingerprint density at radius 2 is 1.71 bits per heavy atom. The van der Waals surface area contributed by atoms with Gasteiger partial charge in [0.1, 0.15) is 11.7 Å². The molecular formula is C21H23FN2. The summed E-state index contributed by atoms with van der Waals surface area (Å²) in [5.74, 6) is 0.889. The Kier molecular flexibility index (Phi) is 4.09. The molecule has 0 aromatic heterocycles. The van der Waals surface area contributed by atoms with Gasteiger partial charge in [-0.3, -0.25) is 4.99 Å². The van der Waals surface area contributed by atoms with Gasteiger partial charge in [-0.05, 0) is 37.0 Å². The van der Waals surface area contributed by atoms with E-state index in [0.717, 1.165) is 17.9 Å². The maximum atomic E-state index is 13.9. The SMILES string of the molecule is Fc1ccccc1CN=C1Nc2ccccc2CC12CCCCC2. The van der Waals surface area contributed by atoms with Gasteiger partial charge in [0.25, 0.3) is 0 Å². The number of para-hydroxylation sites is 1. The van der Waals surface area contributed by atoms with Crippen molar-refractivity contribution in [3.05, 3.63) is 65.5 Å². The molecule has 4 rings (SSSR count). The lowest BCUT2D eigenvalue weighted by Crippen LogP contribution is -2.43. The number of benzene rings is 2. The Morgan fingerprint density at radius 1 is 0.958 bits per heavy atom. The van der Waals surface area contributed by atoms with Crippen molar-refractivity contribution in [2.45, 2.75) is 45.1 Å². The molecule has 2 aromatic carbocycles. The van der Waals surface area contributed by atoms with Gasteiger partial charge in [-0.1, -0.05) is 55.7 Å². The van der Waals surface area contributed by atoms with Crippen molar-refractivity contribution in [3.63, 3.8) is 0 Å². The predicted molar refractivity (Wildman–Crippen MR) is 96.8 cm³/mol. The zero-order chi connectivity index (χ0) is 16.4. The van der Waals surface area contributed by atoms with E-state index in [1.807, 2.05) is 12.1 Å². The molecule has 0 atom stereocenters. The number of nitrogens with zero attached hydrogens (tertiary/aromatic N) is 1. The fourth-order valence-corrected chi connectivity index (χ4v) is 4.15. The summed E-state index contributed by atoms with van der Waals surface area (Å²) in [5.41, 5.74) is 3.31. The van der Waals surface area contributed by atoms with Gasteiger partial charge in [0, 0.05) is 16.7 Å². The van der Waals surface area contributed by atoms with Crippen LogP contribution in [0.4, 0.5) is 10.1 Å². The van der Waals surface area contributed by atoms with E-state index in [4.69, 9.17) is 4.99 Å². The Balaban J connectivity index is 1.68. The quantitative estimate of drug-likeness (QED) is 0.792. The normalized spacial score (nSPS) is 20.6. The third-order valence-corrected chi connectivity index (χ3v) is 5.48. The topological polar surface area (TPSA) is 24.4 Å². The maximum absolute atomic E-state index is 13.9. The van der Waals surface area contributed by atoms with E-state index in [9.17, 15) is 4.39 Å². The molecule has 3 heteroatoms. The second kappa shape index (κ2) is 6.39. The number of rotatable bonds is 2. The maximum Gasteiger partial charge on any atom is 0.128 e. The zero-order valence-corrected chi connectivity index (χ0v) is 13.9. The van der Waals surface area contributed by atoms with Gasteiger partial charge in [-0.2, -0.15) is 0 Å². The molecule has 0 radical (unpaired) electrons. The Morgan fingerprint density at radius 3 is 2.54 bits per heavy atom. The van der Waals surface area contributed by atoms with Crippen LogP contribution in [-0.2, 0) is 13.0 Å². The summed E-state index contributed by atoms with van der Waals surface area (Å²) in [7, 11) is 0. The number of nitrogens with one attached hydrogen (secondary N) is 1. The lowest BCUT2D eigenvalue weighted by molar-refractivity contribution is 0.278. The van der Waals surface area contributed by atoms with Crippen LogP contribution in [0.1, 0.15) is 43.2 Å². The van der Waals surface area contributed by atoms with Crippen LogP contribution in [0.5, 0.6) is 0 Å². The van der Waals surface area contributed by atoms with Crippen molar-refractivity contribution in [3.8, 4) is 0 Å². The van der Waals surface area contributed by atoms with Crippen molar-refractivity contribution in [2.24, 2.45) is 10.4 Å². The summed E-state index contributed by atoms with van der Waals surface area (Å²) in [6.07, 6.45) is 7.20. The first-order valence-electron chi connectivity index (χ1n) is 8.90. The zero-order valence-electron chi connectivity index (χ0n) is 13.9. The molecule has 1 aliphatic heterocycles. The first kappa shape index (κ1) is 15.4. The number of fused-ring (bicyclic) bond motifs is 1. The molecule has 1 N–H and O–H groups in total. The minimum atomic E-state index is -0.171. The highest BCUT2D eigenvalue weighted by molar-refractivity contribution is 6.02. The second-order valence-electron chi connectivity index (χ2n) is 7.06. The van der Waals surface area contributed by atoms with E-state index in [2.05, 4.69) is 29.6 Å². The lowest BCUT2D eigenvalue weighted by atomic mass is 9.67. The molecule has 2 aromatic rings. The van der Waals surface area contributed by atoms with Crippen LogP contribution in [0.25, 0.3) is 0 Å². The molecule has 1 spiro atoms. The van der Waals surface area contributed by atoms with E-state index in [1.54, 1.807) is 6.07 Å². The molecule has 0 saturated heterocycles. The Labute approximate surface area is 142 Å². The summed E-state index contributed by atoms with van der Waals surface area (Å²) >= 11 is 0. The molecular weight excluding hydrogens is 299 g/mol. The minimum Gasteiger partial charge on any atom is -0.343 e. The van der Waals surface area contributed by atoms with Crippen molar-refractivity contribution < 1.29 is 4.39 Å². The molecule has 0 amide bonds. The summed E-state index contributed by atoms with van der Waals surface area (Å²) in [6.45, 7) is 0.402. The third kappa shape index (κ3) is 2.83. The van der Waals surface area contributed by atoms with Gasteiger partial charge in [0.2, 0.25) is 0 Å². The first-order chi connectivity index (χ1) is 11.8.